The smallest absolute Gasteiger partial charge is 0.268 e. The van der Waals surface area contributed by atoms with Crippen molar-refractivity contribution in [2.45, 2.75) is 32.9 Å². The average molecular weight is 260 g/mol. The minimum Gasteiger partial charge on any atom is -0.394 e. The van der Waals surface area contributed by atoms with Crippen LogP contribution >= 0.6 is 0 Å². The summed E-state index contributed by atoms with van der Waals surface area (Å²) in [4.78, 5) is 11.9. The Kier molecular flexibility index (Phi) is 5.27. The van der Waals surface area contributed by atoms with Crippen LogP contribution in [0.4, 0.5) is 8.78 Å². The second-order valence-corrected chi connectivity index (χ2v) is 4.44. The van der Waals surface area contributed by atoms with Crippen LogP contribution in [0, 0.1) is 5.92 Å². The summed E-state index contributed by atoms with van der Waals surface area (Å²) in [6.07, 6.45) is -1.08. The van der Waals surface area contributed by atoms with Gasteiger partial charge in [0.15, 0.2) is 0 Å². The van der Waals surface area contributed by atoms with Gasteiger partial charge in [0.2, 0.25) is 0 Å². The molecule has 0 radical (unpaired) electrons. The molecule has 0 aliphatic heterocycles. The van der Waals surface area contributed by atoms with Crippen LogP contribution in [-0.4, -0.2) is 34.7 Å². The van der Waals surface area contributed by atoms with E-state index < -0.39 is 18.9 Å². The van der Waals surface area contributed by atoms with Gasteiger partial charge in [0.1, 0.15) is 5.69 Å². The Morgan fingerprint density at radius 1 is 1.50 bits per heavy atom. The van der Waals surface area contributed by atoms with E-state index in [-0.39, 0.29) is 24.3 Å². The first-order chi connectivity index (χ1) is 8.45. The standard InChI is InChI=1S/C12H18F2N2O2/c1-8(2)9(7-17)15-12(18)10-4-3-5-16(10)6-11(13)14/h3-5,8-9,11,17H,6-7H2,1-2H3,(H,15,18)/t9-/m1/s1. The highest BCUT2D eigenvalue weighted by Gasteiger charge is 2.19. The van der Waals surface area contributed by atoms with E-state index in [0.29, 0.717) is 0 Å². The fourth-order valence-corrected chi connectivity index (χ4v) is 1.59. The molecule has 1 rings (SSSR count). The van der Waals surface area contributed by atoms with E-state index in [2.05, 4.69) is 5.32 Å². The third kappa shape index (κ3) is 3.80. The minimum absolute atomic E-state index is 0.0671. The van der Waals surface area contributed by atoms with Gasteiger partial charge in [0.05, 0.1) is 19.2 Å². The van der Waals surface area contributed by atoms with Crippen LogP contribution in [0.5, 0.6) is 0 Å². The molecular weight excluding hydrogens is 242 g/mol. The van der Waals surface area contributed by atoms with E-state index in [1.165, 1.54) is 16.8 Å². The van der Waals surface area contributed by atoms with Gasteiger partial charge >= 0.3 is 0 Å². The largest absolute Gasteiger partial charge is 0.394 e. The predicted molar refractivity (Wildman–Crippen MR) is 63.6 cm³/mol. The molecule has 1 aromatic heterocycles. The van der Waals surface area contributed by atoms with Crippen LogP contribution in [0.2, 0.25) is 0 Å². The first-order valence-corrected chi connectivity index (χ1v) is 5.80. The van der Waals surface area contributed by atoms with Crippen LogP contribution in [-0.2, 0) is 6.54 Å². The second-order valence-electron chi connectivity index (χ2n) is 4.44. The summed E-state index contributed by atoms with van der Waals surface area (Å²) in [6.45, 7) is 3.03. The zero-order chi connectivity index (χ0) is 13.7. The number of aliphatic hydroxyl groups excluding tert-OH is 1. The Morgan fingerprint density at radius 2 is 2.17 bits per heavy atom. The molecule has 102 valence electrons. The highest BCUT2D eigenvalue weighted by Crippen LogP contribution is 2.08. The first kappa shape index (κ1) is 14.6. The number of carbonyl (C=O) groups is 1. The van der Waals surface area contributed by atoms with Gasteiger partial charge < -0.3 is 15.0 Å². The fraction of sp³-hybridized carbons (Fsp3) is 0.583. The van der Waals surface area contributed by atoms with Crippen molar-refractivity contribution < 1.29 is 18.7 Å². The summed E-state index contributed by atoms with van der Waals surface area (Å²) in [7, 11) is 0. The maximum atomic E-state index is 12.3. The highest BCUT2D eigenvalue weighted by atomic mass is 19.3. The van der Waals surface area contributed by atoms with E-state index in [4.69, 9.17) is 5.11 Å². The van der Waals surface area contributed by atoms with Gasteiger partial charge in [-0.3, -0.25) is 4.79 Å². The van der Waals surface area contributed by atoms with E-state index in [1.807, 2.05) is 13.8 Å². The van der Waals surface area contributed by atoms with Crippen LogP contribution in [0.1, 0.15) is 24.3 Å². The lowest BCUT2D eigenvalue weighted by molar-refractivity contribution is 0.0875. The topological polar surface area (TPSA) is 54.3 Å². The van der Waals surface area contributed by atoms with Crippen molar-refractivity contribution in [1.82, 2.24) is 9.88 Å². The Balaban J connectivity index is 2.75. The fourth-order valence-electron chi connectivity index (χ4n) is 1.59. The number of nitrogens with zero attached hydrogens (tertiary/aromatic N) is 1. The Labute approximate surface area is 105 Å². The number of alkyl halides is 2. The van der Waals surface area contributed by atoms with Crippen LogP contribution < -0.4 is 5.32 Å². The molecule has 2 N–H and O–H groups in total. The number of halogens is 2. The van der Waals surface area contributed by atoms with Crippen molar-refractivity contribution in [3.05, 3.63) is 24.0 Å². The molecule has 0 bridgehead atoms. The zero-order valence-corrected chi connectivity index (χ0v) is 10.4. The van der Waals surface area contributed by atoms with E-state index in [1.54, 1.807) is 6.07 Å². The molecule has 0 unspecified atom stereocenters. The van der Waals surface area contributed by atoms with Crippen LogP contribution in [0.15, 0.2) is 18.3 Å². The first-order valence-electron chi connectivity index (χ1n) is 5.80. The molecule has 1 heterocycles. The van der Waals surface area contributed by atoms with Crippen LogP contribution in [0.25, 0.3) is 0 Å². The van der Waals surface area contributed by atoms with E-state index >= 15 is 0 Å². The lowest BCUT2D eigenvalue weighted by Gasteiger charge is -2.20. The molecule has 1 amide bonds. The van der Waals surface area contributed by atoms with Crippen molar-refractivity contribution in [2.24, 2.45) is 5.92 Å². The van der Waals surface area contributed by atoms with Crippen molar-refractivity contribution in [1.29, 1.82) is 0 Å². The molecule has 0 saturated heterocycles. The number of rotatable bonds is 6. The monoisotopic (exact) mass is 260 g/mol. The van der Waals surface area contributed by atoms with Gasteiger partial charge in [-0.05, 0) is 18.1 Å². The molecule has 18 heavy (non-hydrogen) atoms. The number of nitrogens with one attached hydrogen (secondary N) is 1. The SMILES string of the molecule is CC(C)[C@@H](CO)NC(=O)c1cccn1CC(F)F. The van der Waals surface area contributed by atoms with Gasteiger partial charge in [-0.1, -0.05) is 13.8 Å². The van der Waals surface area contributed by atoms with Gasteiger partial charge in [-0.15, -0.1) is 0 Å². The Hall–Kier alpha value is -1.43. The van der Waals surface area contributed by atoms with Crippen LogP contribution in [0.3, 0.4) is 0 Å². The van der Waals surface area contributed by atoms with E-state index in [0.717, 1.165) is 0 Å². The third-order valence-electron chi connectivity index (χ3n) is 2.71. The molecule has 4 nitrogen and oxygen atoms in total. The lowest BCUT2D eigenvalue weighted by atomic mass is 10.1. The summed E-state index contributed by atoms with van der Waals surface area (Å²) in [6, 6.07) is 2.64. The molecule has 0 aliphatic rings. The minimum atomic E-state index is -2.51. The number of aromatic nitrogens is 1. The highest BCUT2D eigenvalue weighted by molar-refractivity contribution is 5.92. The van der Waals surface area contributed by atoms with Crippen molar-refractivity contribution in [3.63, 3.8) is 0 Å². The van der Waals surface area contributed by atoms with Gasteiger partial charge in [-0.2, -0.15) is 0 Å². The number of aliphatic hydroxyl groups is 1. The normalized spacial score (nSPS) is 13.1. The Morgan fingerprint density at radius 3 is 2.67 bits per heavy atom. The molecule has 0 aliphatic carbocycles. The molecule has 6 heteroatoms. The van der Waals surface area contributed by atoms with E-state index in [9.17, 15) is 13.6 Å². The second kappa shape index (κ2) is 6.49. The maximum absolute atomic E-state index is 12.3. The summed E-state index contributed by atoms with van der Waals surface area (Å²) < 4.78 is 25.8. The van der Waals surface area contributed by atoms with Crippen molar-refractivity contribution in [3.8, 4) is 0 Å². The van der Waals surface area contributed by atoms with Gasteiger partial charge in [0, 0.05) is 6.20 Å². The zero-order valence-electron chi connectivity index (χ0n) is 10.4. The quantitative estimate of drug-likeness (QED) is 0.814. The number of amides is 1. The van der Waals surface area contributed by atoms with Crippen molar-refractivity contribution in [2.75, 3.05) is 6.61 Å². The molecular formula is C12H18F2N2O2. The number of carbonyl (C=O) groups excluding carboxylic acids is 1. The predicted octanol–water partition coefficient (Wildman–Crippen LogP) is 1.50. The molecule has 1 atom stereocenters. The average Bonchev–Trinajstić information content (AvgIpc) is 2.72. The molecule has 0 spiro atoms. The number of hydrogen-bond acceptors (Lipinski definition) is 2. The summed E-state index contributed by atoms with van der Waals surface area (Å²) >= 11 is 0. The molecule has 0 aromatic carbocycles. The lowest BCUT2D eigenvalue weighted by Crippen LogP contribution is -2.41. The molecule has 0 fully saturated rings. The number of hydrogen-bond donors (Lipinski definition) is 2. The summed E-state index contributed by atoms with van der Waals surface area (Å²) in [5, 5.41) is 11.7. The van der Waals surface area contributed by atoms with Gasteiger partial charge in [-0.25, -0.2) is 8.78 Å². The molecule has 0 saturated carbocycles. The summed E-state index contributed by atoms with van der Waals surface area (Å²) in [5.74, 6) is -0.383. The van der Waals surface area contributed by atoms with Crippen molar-refractivity contribution >= 4 is 5.91 Å². The maximum Gasteiger partial charge on any atom is 0.268 e. The Bertz CT molecular complexity index is 391. The van der Waals surface area contributed by atoms with Gasteiger partial charge in [0.25, 0.3) is 12.3 Å². The third-order valence-corrected chi connectivity index (χ3v) is 2.71. The molecule has 1 aromatic rings. The summed E-state index contributed by atoms with van der Waals surface area (Å²) in [5.41, 5.74) is 0.175.